The molecule has 2 rings (SSSR count). The molecule has 1 aromatic carbocycles. The summed E-state index contributed by atoms with van der Waals surface area (Å²) in [6.07, 6.45) is 3.40. The van der Waals surface area contributed by atoms with Crippen molar-refractivity contribution in [2.24, 2.45) is 0 Å². The van der Waals surface area contributed by atoms with Gasteiger partial charge in [-0.15, -0.1) is 0 Å². The largest absolute Gasteiger partial charge is 0.494 e. The number of aromatic nitrogens is 2. The van der Waals surface area contributed by atoms with Crippen LogP contribution in [-0.4, -0.2) is 16.7 Å². The topological polar surface area (TPSA) is 29.9 Å². The highest BCUT2D eigenvalue weighted by Crippen LogP contribution is 2.29. The van der Waals surface area contributed by atoms with Crippen molar-refractivity contribution in [3.63, 3.8) is 0 Å². The average molecular weight is 264 g/mol. The first-order chi connectivity index (χ1) is 8.72. The van der Waals surface area contributed by atoms with E-state index in [9.17, 15) is 0 Å². The van der Waals surface area contributed by atoms with Crippen molar-refractivity contribution in [1.29, 1.82) is 0 Å². The van der Waals surface area contributed by atoms with E-state index in [1.54, 1.807) is 7.11 Å². The summed E-state index contributed by atoms with van der Waals surface area (Å²) >= 11 is 5.47. The number of H-pyrrole nitrogens is 1. The molecule has 98 valence electrons. The average Bonchev–Trinajstić information content (AvgIpc) is 2.72. The molecule has 1 unspecified atom stereocenters. The smallest absolute Gasteiger partial charge is 0.178 e. The van der Waals surface area contributed by atoms with Gasteiger partial charge < -0.3 is 14.3 Å². The molecule has 0 saturated heterocycles. The lowest BCUT2D eigenvalue weighted by Crippen LogP contribution is -2.07. The van der Waals surface area contributed by atoms with Gasteiger partial charge in [0.1, 0.15) is 11.3 Å². The van der Waals surface area contributed by atoms with Gasteiger partial charge in [0.25, 0.3) is 0 Å². The Morgan fingerprint density at radius 1 is 1.39 bits per heavy atom. The number of nitrogens with zero attached hydrogens (tertiary/aromatic N) is 1. The summed E-state index contributed by atoms with van der Waals surface area (Å²) in [6, 6.07) is 6.53. The van der Waals surface area contributed by atoms with Gasteiger partial charge >= 0.3 is 0 Å². The van der Waals surface area contributed by atoms with E-state index in [0.717, 1.165) is 40.8 Å². The first-order valence-corrected chi connectivity index (χ1v) is 6.90. The third-order valence-electron chi connectivity index (χ3n) is 3.39. The Kier molecular flexibility index (Phi) is 4.07. The van der Waals surface area contributed by atoms with Crippen LogP contribution >= 0.6 is 12.2 Å². The minimum atomic E-state index is 0.461. The van der Waals surface area contributed by atoms with Crippen LogP contribution in [-0.2, 0) is 0 Å². The van der Waals surface area contributed by atoms with Crippen molar-refractivity contribution in [1.82, 2.24) is 9.55 Å². The van der Waals surface area contributed by atoms with Gasteiger partial charge in [-0.25, -0.2) is 0 Å². The fourth-order valence-corrected chi connectivity index (χ4v) is 2.85. The van der Waals surface area contributed by atoms with E-state index in [1.165, 1.54) is 0 Å². The fourth-order valence-electron chi connectivity index (χ4n) is 2.50. The molecule has 3 nitrogen and oxygen atoms in total. The van der Waals surface area contributed by atoms with Crippen LogP contribution < -0.4 is 4.74 Å². The number of fused-ring (bicyclic) bond motifs is 1. The Labute approximate surface area is 113 Å². The molecule has 1 N–H and O–H groups in total. The molecule has 0 radical (unpaired) electrons. The van der Waals surface area contributed by atoms with Crippen molar-refractivity contribution < 1.29 is 4.74 Å². The van der Waals surface area contributed by atoms with E-state index < -0.39 is 0 Å². The number of aromatic amines is 1. The lowest BCUT2D eigenvalue weighted by atomic mass is 10.1. The molecule has 0 aliphatic heterocycles. The summed E-state index contributed by atoms with van der Waals surface area (Å²) in [6.45, 7) is 4.42. The number of methoxy groups -OCH3 is 1. The maximum atomic E-state index is 5.47. The lowest BCUT2D eigenvalue weighted by molar-refractivity contribution is 0.419. The second kappa shape index (κ2) is 5.57. The van der Waals surface area contributed by atoms with Gasteiger partial charge in [0, 0.05) is 6.04 Å². The van der Waals surface area contributed by atoms with Crippen molar-refractivity contribution in [3.8, 4) is 5.75 Å². The Balaban J connectivity index is 2.63. The third-order valence-corrected chi connectivity index (χ3v) is 3.69. The predicted octanol–water partition coefficient (Wildman–Crippen LogP) is 4.46. The number of hydrogen-bond acceptors (Lipinski definition) is 2. The summed E-state index contributed by atoms with van der Waals surface area (Å²) in [7, 11) is 1.69. The van der Waals surface area contributed by atoms with Gasteiger partial charge in [-0.3, -0.25) is 0 Å². The summed E-state index contributed by atoms with van der Waals surface area (Å²) < 4.78 is 8.40. The maximum absolute atomic E-state index is 5.47. The standard InChI is InChI=1S/C14H20N2OS/c1-4-7-10(5-2)16-11-8-6-9-12(17-3)13(11)15-14(16)18/h6,8-10H,4-5,7H2,1-3H3,(H,15,18). The van der Waals surface area contributed by atoms with Crippen molar-refractivity contribution in [2.75, 3.05) is 7.11 Å². The van der Waals surface area contributed by atoms with Crippen LogP contribution in [0.5, 0.6) is 5.75 Å². The Morgan fingerprint density at radius 3 is 2.78 bits per heavy atom. The van der Waals surface area contributed by atoms with Gasteiger partial charge in [0.2, 0.25) is 0 Å². The van der Waals surface area contributed by atoms with Gasteiger partial charge in [0.05, 0.1) is 12.6 Å². The second-order valence-electron chi connectivity index (χ2n) is 4.51. The normalized spacial score (nSPS) is 12.8. The summed E-state index contributed by atoms with van der Waals surface area (Å²) in [4.78, 5) is 3.27. The first kappa shape index (κ1) is 13.1. The number of nitrogens with one attached hydrogen (secondary N) is 1. The number of ether oxygens (including phenoxy) is 1. The zero-order valence-electron chi connectivity index (χ0n) is 11.2. The number of benzene rings is 1. The van der Waals surface area contributed by atoms with Crippen LogP contribution in [0.25, 0.3) is 11.0 Å². The SMILES string of the molecule is CCCC(CC)n1c(=S)[nH]c2c(OC)cccc21. The van der Waals surface area contributed by atoms with E-state index in [4.69, 9.17) is 17.0 Å². The monoisotopic (exact) mass is 264 g/mol. The van der Waals surface area contributed by atoms with Crippen molar-refractivity contribution in [2.45, 2.75) is 39.2 Å². The number of rotatable bonds is 5. The summed E-state index contributed by atoms with van der Waals surface area (Å²) in [5.74, 6) is 0.851. The molecule has 4 heteroatoms. The molecule has 0 amide bonds. The van der Waals surface area contributed by atoms with E-state index in [-0.39, 0.29) is 0 Å². The van der Waals surface area contributed by atoms with Gasteiger partial charge in [0.15, 0.2) is 4.77 Å². The molecule has 1 atom stereocenters. The predicted molar refractivity (Wildman–Crippen MR) is 77.9 cm³/mol. The van der Waals surface area contributed by atoms with E-state index in [0.29, 0.717) is 6.04 Å². The van der Waals surface area contributed by atoms with Crippen LogP contribution in [0.3, 0.4) is 0 Å². The molecule has 0 saturated carbocycles. The molecule has 0 aliphatic carbocycles. The zero-order chi connectivity index (χ0) is 13.1. The van der Waals surface area contributed by atoms with Crippen molar-refractivity contribution in [3.05, 3.63) is 23.0 Å². The van der Waals surface area contributed by atoms with Crippen LogP contribution in [0.1, 0.15) is 39.2 Å². The molecule has 0 fully saturated rings. The second-order valence-corrected chi connectivity index (χ2v) is 4.89. The summed E-state index contributed by atoms with van der Waals surface area (Å²) in [5.41, 5.74) is 2.14. The molecule has 0 spiro atoms. The zero-order valence-corrected chi connectivity index (χ0v) is 12.0. The number of para-hydroxylation sites is 1. The third kappa shape index (κ3) is 2.17. The fraction of sp³-hybridized carbons (Fsp3) is 0.500. The Bertz CT molecular complexity index is 585. The molecule has 18 heavy (non-hydrogen) atoms. The minimum Gasteiger partial charge on any atom is -0.494 e. The molecule has 0 bridgehead atoms. The van der Waals surface area contributed by atoms with Gasteiger partial charge in [-0.05, 0) is 37.2 Å². The van der Waals surface area contributed by atoms with Crippen LogP contribution in [0.2, 0.25) is 0 Å². The van der Waals surface area contributed by atoms with Crippen LogP contribution in [0, 0.1) is 4.77 Å². The van der Waals surface area contributed by atoms with E-state index >= 15 is 0 Å². The first-order valence-electron chi connectivity index (χ1n) is 6.50. The molecule has 1 heterocycles. The van der Waals surface area contributed by atoms with E-state index in [2.05, 4.69) is 29.5 Å². The van der Waals surface area contributed by atoms with Gasteiger partial charge in [-0.1, -0.05) is 26.3 Å². The highest BCUT2D eigenvalue weighted by molar-refractivity contribution is 7.71. The Morgan fingerprint density at radius 2 is 2.17 bits per heavy atom. The number of hydrogen-bond donors (Lipinski definition) is 1. The molecular weight excluding hydrogens is 244 g/mol. The molecule has 1 aromatic heterocycles. The molecule has 2 aromatic rings. The quantitative estimate of drug-likeness (QED) is 0.808. The van der Waals surface area contributed by atoms with Gasteiger partial charge in [-0.2, -0.15) is 0 Å². The molecule has 0 aliphatic rings. The minimum absolute atomic E-state index is 0.461. The van der Waals surface area contributed by atoms with Crippen molar-refractivity contribution >= 4 is 23.3 Å². The number of imidazole rings is 1. The van der Waals surface area contributed by atoms with Crippen LogP contribution in [0.4, 0.5) is 0 Å². The lowest BCUT2D eigenvalue weighted by Gasteiger charge is -2.17. The highest BCUT2D eigenvalue weighted by atomic mass is 32.1. The maximum Gasteiger partial charge on any atom is 0.178 e. The summed E-state index contributed by atoms with van der Waals surface area (Å²) in [5, 5.41) is 0. The highest BCUT2D eigenvalue weighted by Gasteiger charge is 2.14. The Hall–Kier alpha value is -1.29. The molecular formula is C14H20N2OS. The van der Waals surface area contributed by atoms with Crippen LogP contribution in [0.15, 0.2) is 18.2 Å². The van der Waals surface area contributed by atoms with E-state index in [1.807, 2.05) is 12.1 Å².